The maximum atomic E-state index is 12.1. The summed E-state index contributed by atoms with van der Waals surface area (Å²) in [6.45, 7) is 3.94. The van der Waals surface area contributed by atoms with E-state index in [4.69, 9.17) is 9.47 Å². The van der Waals surface area contributed by atoms with Crippen molar-refractivity contribution in [2.24, 2.45) is 0 Å². The quantitative estimate of drug-likeness (QED) is 0.586. The number of allylic oxidation sites excluding steroid dienone is 1. The molecule has 2 aromatic rings. The number of hydrogen-bond acceptors (Lipinski definition) is 3. The number of methoxy groups -OCH3 is 1. The van der Waals surface area contributed by atoms with Gasteiger partial charge in [0, 0.05) is 5.56 Å². The molecule has 0 radical (unpaired) electrons. The summed E-state index contributed by atoms with van der Waals surface area (Å²) < 4.78 is 10.7. The zero-order valence-electron chi connectivity index (χ0n) is 13.1. The van der Waals surface area contributed by atoms with Gasteiger partial charge < -0.3 is 9.47 Å². The average Bonchev–Trinajstić information content (AvgIpc) is 2.53. The van der Waals surface area contributed by atoms with E-state index in [1.165, 1.54) is 0 Å². The zero-order valence-corrected chi connectivity index (χ0v) is 13.1. The van der Waals surface area contributed by atoms with Crippen molar-refractivity contribution < 1.29 is 14.3 Å². The van der Waals surface area contributed by atoms with Gasteiger partial charge in [-0.05, 0) is 61.9 Å². The van der Waals surface area contributed by atoms with Crippen LogP contribution in [0.15, 0.2) is 54.6 Å². The molecule has 0 aromatic heterocycles. The second-order valence-electron chi connectivity index (χ2n) is 5.16. The summed E-state index contributed by atoms with van der Waals surface area (Å²) in [5.74, 6) is 1.53. The zero-order chi connectivity index (χ0) is 15.9. The Labute approximate surface area is 131 Å². The lowest BCUT2D eigenvalue weighted by molar-refractivity contribution is 0.104. The molecule has 3 heteroatoms. The predicted molar refractivity (Wildman–Crippen MR) is 88.6 cm³/mol. The molecular weight excluding hydrogens is 276 g/mol. The number of rotatable bonds is 6. The van der Waals surface area contributed by atoms with Crippen molar-refractivity contribution in [3.63, 3.8) is 0 Å². The molecule has 0 bridgehead atoms. The Morgan fingerprint density at radius 3 is 2.09 bits per heavy atom. The monoisotopic (exact) mass is 296 g/mol. The van der Waals surface area contributed by atoms with E-state index >= 15 is 0 Å². The molecular formula is C19H20O3. The molecule has 0 saturated carbocycles. The summed E-state index contributed by atoms with van der Waals surface area (Å²) in [6, 6.07) is 14.7. The van der Waals surface area contributed by atoms with Crippen molar-refractivity contribution in [2.75, 3.05) is 7.11 Å². The van der Waals surface area contributed by atoms with Crippen LogP contribution in [0.1, 0.15) is 29.8 Å². The highest BCUT2D eigenvalue weighted by Gasteiger charge is 2.03. The molecule has 2 rings (SSSR count). The molecule has 0 aliphatic heterocycles. The first kappa shape index (κ1) is 15.8. The molecule has 0 atom stereocenters. The molecule has 114 valence electrons. The van der Waals surface area contributed by atoms with Crippen molar-refractivity contribution in [3.05, 3.63) is 65.7 Å². The van der Waals surface area contributed by atoms with E-state index in [9.17, 15) is 4.79 Å². The van der Waals surface area contributed by atoms with Crippen LogP contribution in [0.2, 0.25) is 0 Å². The third-order valence-corrected chi connectivity index (χ3v) is 3.05. The number of ether oxygens (including phenoxy) is 2. The van der Waals surface area contributed by atoms with E-state index in [1.54, 1.807) is 31.4 Å². The maximum Gasteiger partial charge on any atom is 0.185 e. The number of ketones is 1. The van der Waals surface area contributed by atoms with Crippen LogP contribution in [0.25, 0.3) is 6.08 Å². The molecule has 0 fully saturated rings. The van der Waals surface area contributed by atoms with Gasteiger partial charge in [-0.3, -0.25) is 4.79 Å². The fourth-order valence-corrected chi connectivity index (χ4v) is 1.95. The number of hydrogen-bond donors (Lipinski definition) is 0. The van der Waals surface area contributed by atoms with Crippen LogP contribution in [0.3, 0.4) is 0 Å². The van der Waals surface area contributed by atoms with Crippen molar-refractivity contribution in [3.8, 4) is 11.5 Å². The average molecular weight is 296 g/mol. The van der Waals surface area contributed by atoms with Gasteiger partial charge in [0.25, 0.3) is 0 Å². The molecule has 0 saturated heterocycles. The van der Waals surface area contributed by atoms with Crippen molar-refractivity contribution in [1.82, 2.24) is 0 Å². The molecule has 0 N–H and O–H groups in total. The van der Waals surface area contributed by atoms with Crippen LogP contribution in [0.4, 0.5) is 0 Å². The Morgan fingerprint density at radius 1 is 0.955 bits per heavy atom. The Morgan fingerprint density at radius 2 is 1.55 bits per heavy atom. The Bertz CT molecular complexity index is 637. The van der Waals surface area contributed by atoms with E-state index in [-0.39, 0.29) is 11.9 Å². The normalized spacial score (nSPS) is 10.9. The number of carbonyl (C=O) groups excluding carboxylic acids is 1. The summed E-state index contributed by atoms with van der Waals surface area (Å²) in [7, 11) is 1.63. The fraction of sp³-hybridized carbons (Fsp3) is 0.211. The van der Waals surface area contributed by atoms with E-state index in [2.05, 4.69) is 0 Å². The second-order valence-corrected chi connectivity index (χ2v) is 5.16. The largest absolute Gasteiger partial charge is 0.497 e. The van der Waals surface area contributed by atoms with Gasteiger partial charge in [0.05, 0.1) is 13.2 Å². The molecule has 0 aliphatic rings. The summed E-state index contributed by atoms with van der Waals surface area (Å²) >= 11 is 0. The molecule has 0 aliphatic carbocycles. The first-order valence-corrected chi connectivity index (χ1v) is 7.21. The van der Waals surface area contributed by atoms with Gasteiger partial charge in [0.15, 0.2) is 5.78 Å². The highest BCUT2D eigenvalue weighted by molar-refractivity contribution is 6.06. The van der Waals surface area contributed by atoms with E-state index in [0.717, 1.165) is 17.1 Å². The van der Waals surface area contributed by atoms with Gasteiger partial charge in [-0.2, -0.15) is 0 Å². The van der Waals surface area contributed by atoms with E-state index < -0.39 is 0 Å². The summed E-state index contributed by atoms with van der Waals surface area (Å²) in [6.07, 6.45) is 3.48. The van der Waals surface area contributed by atoms with E-state index in [1.807, 2.05) is 50.2 Å². The first-order valence-electron chi connectivity index (χ1n) is 7.21. The van der Waals surface area contributed by atoms with Crippen molar-refractivity contribution >= 4 is 11.9 Å². The van der Waals surface area contributed by atoms with Crippen LogP contribution >= 0.6 is 0 Å². The minimum Gasteiger partial charge on any atom is -0.497 e. The molecule has 2 aromatic carbocycles. The van der Waals surface area contributed by atoms with Crippen LogP contribution in [0, 0.1) is 0 Å². The fourth-order valence-electron chi connectivity index (χ4n) is 1.95. The Hall–Kier alpha value is -2.55. The van der Waals surface area contributed by atoms with Gasteiger partial charge >= 0.3 is 0 Å². The molecule has 0 unspecified atom stereocenters. The SMILES string of the molecule is COc1ccc(C=CC(=O)c2ccc(OC(C)C)cc2)cc1. The minimum atomic E-state index is -0.0353. The van der Waals surface area contributed by atoms with Gasteiger partial charge in [0.1, 0.15) is 11.5 Å². The lowest BCUT2D eigenvalue weighted by Gasteiger charge is -2.09. The molecule has 3 nitrogen and oxygen atoms in total. The number of carbonyl (C=O) groups is 1. The van der Waals surface area contributed by atoms with E-state index in [0.29, 0.717) is 5.56 Å². The Balaban J connectivity index is 2.02. The predicted octanol–water partition coefficient (Wildman–Crippen LogP) is 4.38. The van der Waals surface area contributed by atoms with Gasteiger partial charge in [-0.1, -0.05) is 18.2 Å². The highest BCUT2D eigenvalue weighted by atomic mass is 16.5. The molecule has 0 spiro atoms. The number of benzene rings is 2. The molecule has 0 heterocycles. The topological polar surface area (TPSA) is 35.5 Å². The molecule has 22 heavy (non-hydrogen) atoms. The smallest absolute Gasteiger partial charge is 0.185 e. The highest BCUT2D eigenvalue weighted by Crippen LogP contribution is 2.16. The van der Waals surface area contributed by atoms with Gasteiger partial charge in [-0.25, -0.2) is 0 Å². The summed E-state index contributed by atoms with van der Waals surface area (Å²) in [4.78, 5) is 12.1. The van der Waals surface area contributed by atoms with Crippen LogP contribution < -0.4 is 9.47 Å². The third kappa shape index (κ3) is 4.48. The Kier molecular flexibility index (Phi) is 5.37. The molecule has 0 amide bonds. The third-order valence-electron chi connectivity index (χ3n) is 3.05. The van der Waals surface area contributed by atoms with Crippen LogP contribution in [-0.4, -0.2) is 19.0 Å². The summed E-state index contributed by atoms with van der Waals surface area (Å²) in [5.41, 5.74) is 1.59. The first-order chi connectivity index (χ1) is 10.6. The van der Waals surface area contributed by atoms with Crippen LogP contribution in [-0.2, 0) is 0 Å². The summed E-state index contributed by atoms with van der Waals surface area (Å²) in [5, 5.41) is 0. The lowest BCUT2D eigenvalue weighted by atomic mass is 10.1. The lowest BCUT2D eigenvalue weighted by Crippen LogP contribution is -2.05. The van der Waals surface area contributed by atoms with Gasteiger partial charge in [-0.15, -0.1) is 0 Å². The van der Waals surface area contributed by atoms with Crippen molar-refractivity contribution in [2.45, 2.75) is 20.0 Å². The van der Waals surface area contributed by atoms with Crippen molar-refractivity contribution in [1.29, 1.82) is 0 Å². The minimum absolute atomic E-state index is 0.0353. The maximum absolute atomic E-state index is 12.1. The second kappa shape index (κ2) is 7.46. The van der Waals surface area contributed by atoms with Crippen LogP contribution in [0.5, 0.6) is 11.5 Å². The standard InChI is InChI=1S/C19H20O3/c1-14(2)22-18-11-7-16(8-12-18)19(20)13-6-15-4-9-17(21-3)10-5-15/h4-14H,1-3H3. The van der Waals surface area contributed by atoms with Gasteiger partial charge in [0.2, 0.25) is 0 Å².